The van der Waals surface area contributed by atoms with E-state index in [1.54, 1.807) is 36.2 Å². The summed E-state index contributed by atoms with van der Waals surface area (Å²) in [6, 6.07) is 16.9. The first kappa shape index (κ1) is 18.4. The minimum Gasteiger partial charge on any atom is -0.497 e. The highest BCUT2D eigenvalue weighted by atomic mass is 35.5. The van der Waals surface area contributed by atoms with Gasteiger partial charge in [-0.1, -0.05) is 35.9 Å². The van der Waals surface area contributed by atoms with Crippen LogP contribution in [0.25, 0.3) is 33.4 Å². The van der Waals surface area contributed by atoms with Gasteiger partial charge in [0.15, 0.2) is 5.65 Å². The van der Waals surface area contributed by atoms with Crippen molar-refractivity contribution in [3.63, 3.8) is 0 Å². The molecule has 0 fully saturated rings. The minimum atomic E-state index is -0.200. The third-order valence-corrected chi connectivity index (χ3v) is 5.50. The number of para-hydroxylation sites is 1. The highest BCUT2D eigenvalue weighted by Gasteiger charge is 2.17. The predicted octanol–water partition coefficient (Wildman–Crippen LogP) is 4.67. The number of pyridine rings is 1. The fourth-order valence-corrected chi connectivity index (χ4v) is 3.94. The molecule has 6 nitrogen and oxygen atoms in total. The Morgan fingerprint density at radius 1 is 1.03 bits per heavy atom. The van der Waals surface area contributed by atoms with Crippen LogP contribution in [0.3, 0.4) is 0 Å². The summed E-state index contributed by atoms with van der Waals surface area (Å²) in [6.07, 6.45) is 3.32. The normalized spacial score (nSPS) is 11.3. The number of fused-ring (bicyclic) bond motifs is 3. The maximum absolute atomic E-state index is 13.2. The summed E-state index contributed by atoms with van der Waals surface area (Å²) in [7, 11) is 1.64. The van der Waals surface area contributed by atoms with Gasteiger partial charge in [0.25, 0.3) is 5.56 Å². The Balaban J connectivity index is 1.74. The number of aryl methyl sites for hydroxylation is 1. The summed E-state index contributed by atoms with van der Waals surface area (Å²) < 4.78 is 8.50. The first-order valence-electron chi connectivity index (χ1n) is 9.37. The molecule has 0 unspecified atom stereocenters. The van der Waals surface area contributed by atoms with E-state index in [0.717, 1.165) is 22.6 Å². The van der Waals surface area contributed by atoms with E-state index in [1.807, 2.05) is 49.4 Å². The number of benzene rings is 2. The zero-order chi connectivity index (χ0) is 20.8. The fourth-order valence-electron chi connectivity index (χ4n) is 3.71. The molecule has 0 N–H and O–H groups in total. The molecule has 0 aliphatic carbocycles. The second kappa shape index (κ2) is 7.00. The van der Waals surface area contributed by atoms with Crippen molar-refractivity contribution in [2.24, 2.45) is 0 Å². The number of rotatable bonds is 3. The first-order chi connectivity index (χ1) is 14.6. The van der Waals surface area contributed by atoms with Crippen LogP contribution in [0.2, 0.25) is 5.02 Å². The Bertz CT molecular complexity index is 1470. The molecular formula is C23H17ClN4O2. The molecule has 3 heterocycles. The van der Waals surface area contributed by atoms with Gasteiger partial charge in [-0.25, -0.2) is 9.50 Å². The molecule has 0 spiro atoms. The van der Waals surface area contributed by atoms with Crippen molar-refractivity contribution in [3.8, 4) is 22.6 Å². The van der Waals surface area contributed by atoms with E-state index in [0.29, 0.717) is 27.3 Å². The third-order valence-electron chi connectivity index (χ3n) is 5.18. The molecular weight excluding hydrogens is 400 g/mol. The van der Waals surface area contributed by atoms with Gasteiger partial charge in [0.1, 0.15) is 5.75 Å². The van der Waals surface area contributed by atoms with Crippen LogP contribution < -0.4 is 10.3 Å². The van der Waals surface area contributed by atoms with E-state index >= 15 is 0 Å². The van der Waals surface area contributed by atoms with Crippen LogP contribution in [0.15, 0.2) is 71.8 Å². The highest BCUT2D eigenvalue weighted by Crippen LogP contribution is 2.30. The molecule has 0 bridgehead atoms. The smallest absolute Gasteiger partial charge is 0.266 e. The molecule has 7 heteroatoms. The minimum absolute atomic E-state index is 0.200. The van der Waals surface area contributed by atoms with Gasteiger partial charge in [-0.2, -0.15) is 5.10 Å². The van der Waals surface area contributed by atoms with Crippen LogP contribution in [-0.2, 0) is 0 Å². The molecule has 0 aliphatic rings. The topological polar surface area (TPSA) is 61.4 Å². The van der Waals surface area contributed by atoms with Crippen molar-refractivity contribution < 1.29 is 4.74 Å². The van der Waals surface area contributed by atoms with Crippen LogP contribution in [0.4, 0.5) is 0 Å². The predicted molar refractivity (Wildman–Crippen MR) is 118 cm³/mol. The molecule has 148 valence electrons. The Hall–Kier alpha value is -3.64. The lowest BCUT2D eigenvalue weighted by atomic mass is 10.1. The van der Waals surface area contributed by atoms with E-state index in [1.165, 1.54) is 4.57 Å². The van der Waals surface area contributed by atoms with E-state index in [2.05, 4.69) is 10.1 Å². The summed E-state index contributed by atoms with van der Waals surface area (Å²) in [5.41, 5.74) is 4.55. The maximum Gasteiger partial charge on any atom is 0.266 e. The molecule has 3 aromatic heterocycles. The van der Waals surface area contributed by atoms with Crippen LogP contribution in [0, 0.1) is 6.92 Å². The number of hydrogen-bond acceptors (Lipinski definition) is 4. The Labute approximate surface area is 176 Å². The van der Waals surface area contributed by atoms with E-state index in [-0.39, 0.29) is 5.56 Å². The summed E-state index contributed by atoms with van der Waals surface area (Å²) in [6.45, 7) is 1.94. The van der Waals surface area contributed by atoms with E-state index in [4.69, 9.17) is 16.3 Å². The van der Waals surface area contributed by atoms with Crippen molar-refractivity contribution in [2.45, 2.75) is 6.92 Å². The third kappa shape index (κ3) is 2.76. The van der Waals surface area contributed by atoms with Gasteiger partial charge in [-0.15, -0.1) is 0 Å². The molecule has 0 radical (unpaired) electrons. The molecule has 0 atom stereocenters. The number of aromatic nitrogens is 4. The average molecular weight is 417 g/mol. The summed E-state index contributed by atoms with van der Waals surface area (Å²) in [5, 5.41) is 5.64. The van der Waals surface area contributed by atoms with Gasteiger partial charge in [-0.3, -0.25) is 9.36 Å². The van der Waals surface area contributed by atoms with Crippen molar-refractivity contribution in [1.29, 1.82) is 0 Å². The Morgan fingerprint density at radius 2 is 1.80 bits per heavy atom. The molecule has 0 saturated heterocycles. The number of ether oxygens (including phenoxy) is 1. The number of halogens is 1. The molecule has 5 aromatic rings. The number of hydrogen-bond donors (Lipinski definition) is 0. The highest BCUT2D eigenvalue weighted by molar-refractivity contribution is 6.32. The van der Waals surface area contributed by atoms with Crippen LogP contribution in [0.5, 0.6) is 5.75 Å². The SMILES string of the molecule is COc1ccc(-c2c(C)nn3c2ncc2c(=O)n(-c4ccccc4Cl)ccc23)cc1. The molecule has 2 aromatic carbocycles. The summed E-state index contributed by atoms with van der Waals surface area (Å²) in [5.74, 6) is 0.784. The second-order valence-corrected chi connectivity index (χ2v) is 7.33. The van der Waals surface area contributed by atoms with E-state index < -0.39 is 0 Å². The van der Waals surface area contributed by atoms with Gasteiger partial charge in [-0.05, 0) is 42.8 Å². The van der Waals surface area contributed by atoms with Crippen molar-refractivity contribution in [1.82, 2.24) is 19.2 Å². The number of methoxy groups -OCH3 is 1. The van der Waals surface area contributed by atoms with Crippen molar-refractivity contribution in [3.05, 3.63) is 88.1 Å². The first-order valence-corrected chi connectivity index (χ1v) is 9.75. The zero-order valence-corrected chi connectivity index (χ0v) is 17.1. The molecule has 0 amide bonds. The van der Waals surface area contributed by atoms with Gasteiger partial charge >= 0.3 is 0 Å². The molecule has 30 heavy (non-hydrogen) atoms. The van der Waals surface area contributed by atoms with Crippen LogP contribution in [0.1, 0.15) is 5.69 Å². The standard InChI is InChI=1S/C23H17ClN4O2/c1-14-21(15-7-9-16(30-2)10-8-15)22-25-13-17-19(28(22)26-14)11-12-27(23(17)29)20-6-4-3-5-18(20)24/h3-13H,1-2H3. The lowest BCUT2D eigenvalue weighted by molar-refractivity contribution is 0.415. The quantitative estimate of drug-likeness (QED) is 0.428. The maximum atomic E-state index is 13.2. The Kier molecular flexibility index (Phi) is 4.29. The summed E-state index contributed by atoms with van der Waals surface area (Å²) >= 11 is 6.29. The van der Waals surface area contributed by atoms with Crippen molar-refractivity contribution >= 4 is 28.2 Å². The Morgan fingerprint density at radius 3 is 2.53 bits per heavy atom. The lowest BCUT2D eigenvalue weighted by Gasteiger charge is -2.09. The molecule has 5 rings (SSSR count). The zero-order valence-electron chi connectivity index (χ0n) is 16.3. The van der Waals surface area contributed by atoms with Gasteiger partial charge in [0.05, 0.1) is 34.4 Å². The average Bonchev–Trinajstić information content (AvgIpc) is 3.11. The molecule has 0 saturated carbocycles. The van der Waals surface area contributed by atoms with Gasteiger partial charge in [0, 0.05) is 18.0 Å². The summed E-state index contributed by atoms with van der Waals surface area (Å²) in [4.78, 5) is 17.8. The monoisotopic (exact) mass is 416 g/mol. The second-order valence-electron chi connectivity index (χ2n) is 6.92. The number of nitrogens with zero attached hydrogens (tertiary/aromatic N) is 4. The fraction of sp³-hybridized carbons (Fsp3) is 0.0870. The molecule has 0 aliphatic heterocycles. The van der Waals surface area contributed by atoms with Gasteiger partial charge in [0.2, 0.25) is 0 Å². The van der Waals surface area contributed by atoms with Crippen LogP contribution >= 0.6 is 11.6 Å². The lowest BCUT2D eigenvalue weighted by Crippen LogP contribution is -2.19. The van der Waals surface area contributed by atoms with Crippen LogP contribution in [-0.4, -0.2) is 26.3 Å². The van der Waals surface area contributed by atoms with Gasteiger partial charge < -0.3 is 4.74 Å². The largest absolute Gasteiger partial charge is 0.497 e. The van der Waals surface area contributed by atoms with E-state index in [9.17, 15) is 4.79 Å². The van der Waals surface area contributed by atoms with Crippen molar-refractivity contribution in [2.75, 3.05) is 7.11 Å².